The van der Waals surface area contributed by atoms with Gasteiger partial charge in [0.1, 0.15) is 10.5 Å². The Labute approximate surface area is 172 Å². The molecule has 0 saturated carbocycles. The van der Waals surface area contributed by atoms with Crippen LogP contribution >= 0.6 is 11.3 Å². The van der Waals surface area contributed by atoms with Crippen LogP contribution in [0.5, 0.6) is 0 Å². The van der Waals surface area contributed by atoms with Crippen LogP contribution in [0.15, 0.2) is 76.6 Å². The van der Waals surface area contributed by atoms with E-state index in [0.717, 1.165) is 32.4 Å². The van der Waals surface area contributed by atoms with Crippen LogP contribution in [-0.4, -0.2) is 41.8 Å². The van der Waals surface area contributed by atoms with Gasteiger partial charge in [0.25, 0.3) is 10.0 Å². The molecule has 9 heteroatoms. The highest BCUT2D eigenvalue weighted by molar-refractivity contribution is 7.91. The fourth-order valence-corrected chi connectivity index (χ4v) is 5.25. The van der Waals surface area contributed by atoms with Crippen molar-refractivity contribution in [2.24, 2.45) is 0 Å². The van der Waals surface area contributed by atoms with Crippen molar-refractivity contribution in [1.82, 2.24) is 13.9 Å². The van der Waals surface area contributed by atoms with Crippen LogP contribution in [0.25, 0.3) is 16.7 Å². The van der Waals surface area contributed by atoms with Gasteiger partial charge in [-0.1, -0.05) is 18.2 Å². The second-order valence-corrected chi connectivity index (χ2v) is 9.61. The Kier molecular flexibility index (Phi) is 5.18. The molecule has 2 heterocycles. The maximum absolute atomic E-state index is 12.4. The van der Waals surface area contributed by atoms with E-state index in [4.69, 9.17) is 0 Å². The minimum atomic E-state index is -3.66. The smallest absolute Gasteiger partial charge is 0.252 e. The highest BCUT2D eigenvalue weighted by Gasteiger charge is 2.23. The van der Waals surface area contributed by atoms with E-state index < -0.39 is 15.9 Å². The van der Waals surface area contributed by atoms with Gasteiger partial charge in [0, 0.05) is 18.4 Å². The Balaban J connectivity index is 1.44. The lowest BCUT2D eigenvalue weighted by Gasteiger charge is -2.16. The number of fused-ring (bicyclic) bond motifs is 1. The lowest BCUT2D eigenvalue weighted by atomic mass is 10.2. The first kappa shape index (κ1) is 19.3. The second kappa shape index (κ2) is 7.78. The fourth-order valence-electron chi connectivity index (χ4n) is 2.92. The van der Waals surface area contributed by atoms with Gasteiger partial charge in [0.15, 0.2) is 0 Å². The molecule has 0 aliphatic rings. The van der Waals surface area contributed by atoms with E-state index in [1.165, 1.54) is 13.1 Å². The van der Waals surface area contributed by atoms with E-state index in [-0.39, 0.29) is 10.8 Å². The maximum atomic E-state index is 12.4. The molecule has 1 N–H and O–H groups in total. The summed E-state index contributed by atoms with van der Waals surface area (Å²) in [7, 11) is -2.27. The number of hydrogen-bond acceptors (Lipinski definition) is 5. The minimum absolute atomic E-state index is 0.213. The molecule has 4 aromatic rings. The van der Waals surface area contributed by atoms with Crippen LogP contribution in [0.2, 0.25) is 0 Å². The molecule has 0 aliphatic carbocycles. The first-order valence-electron chi connectivity index (χ1n) is 8.77. The van der Waals surface area contributed by atoms with Crippen LogP contribution in [0.1, 0.15) is 0 Å². The van der Waals surface area contributed by atoms with Crippen LogP contribution in [0, 0.1) is 0 Å². The number of benzene rings is 2. The van der Waals surface area contributed by atoms with Crippen molar-refractivity contribution in [3.63, 3.8) is 0 Å². The van der Waals surface area contributed by atoms with Gasteiger partial charge >= 0.3 is 0 Å². The molecule has 2 aromatic carbocycles. The largest absolute Gasteiger partial charge is 0.325 e. The standard InChI is InChI=1S/C20H18N4O3S2/c1-23(29(26,27)20-7-4-12-28-20)13-19(25)22-15-8-10-16(11-9-15)24-14-21-17-5-2-3-6-18(17)24/h2-12,14H,13H2,1H3,(H,22,25). The fraction of sp³-hybridized carbons (Fsp3) is 0.100. The zero-order valence-electron chi connectivity index (χ0n) is 15.5. The van der Waals surface area contributed by atoms with Crippen LogP contribution in [0.3, 0.4) is 0 Å². The molecule has 4 rings (SSSR count). The first-order valence-corrected chi connectivity index (χ1v) is 11.1. The summed E-state index contributed by atoms with van der Waals surface area (Å²) in [6.45, 7) is -0.270. The Morgan fingerprint density at radius 2 is 1.86 bits per heavy atom. The first-order chi connectivity index (χ1) is 13.9. The number of rotatable bonds is 6. The second-order valence-electron chi connectivity index (χ2n) is 6.39. The van der Waals surface area contributed by atoms with Crippen molar-refractivity contribution >= 4 is 44.0 Å². The number of hydrogen-bond donors (Lipinski definition) is 1. The molecule has 0 atom stereocenters. The summed E-state index contributed by atoms with van der Waals surface area (Å²) >= 11 is 1.12. The molecular weight excluding hydrogens is 408 g/mol. The quantitative estimate of drug-likeness (QED) is 0.512. The molecule has 0 bridgehead atoms. The summed E-state index contributed by atoms with van der Waals surface area (Å²) in [5.74, 6) is -0.409. The topological polar surface area (TPSA) is 84.3 Å². The van der Waals surface area contributed by atoms with Crippen LogP contribution in [-0.2, 0) is 14.8 Å². The molecule has 0 unspecified atom stereocenters. The van der Waals surface area contributed by atoms with Crippen molar-refractivity contribution in [2.75, 3.05) is 18.9 Å². The number of carbonyl (C=O) groups is 1. The van der Waals surface area contributed by atoms with Gasteiger partial charge in [-0.25, -0.2) is 13.4 Å². The SMILES string of the molecule is CN(CC(=O)Nc1ccc(-n2cnc3ccccc32)cc1)S(=O)(=O)c1cccs1. The number of sulfonamides is 1. The van der Waals surface area contributed by atoms with E-state index in [9.17, 15) is 13.2 Å². The molecule has 7 nitrogen and oxygen atoms in total. The van der Waals surface area contributed by atoms with E-state index >= 15 is 0 Å². The highest BCUT2D eigenvalue weighted by atomic mass is 32.2. The molecule has 2 aromatic heterocycles. The molecule has 148 valence electrons. The number of nitrogens with one attached hydrogen (secondary N) is 1. The van der Waals surface area contributed by atoms with Gasteiger partial charge < -0.3 is 5.32 Å². The van der Waals surface area contributed by atoms with E-state index in [1.54, 1.807) is 29.9 Å². The number of aromatic nitrogens is 2. The molecule has 0 fully saturated rings. The van der Waals surface area contributed by atoms with Crippen molar-refractivity contribution in [1.29, 1.82) is 0 Å². The number of anilines is 1. The third-order valence-electron chi connectivity index (χ3n) is 4.41. The number of para-hydroxylation sites is 2. The number of thiophene rings is 1. The molecule has 0 aliphatic heterocycles. The Hall–Kier alpha value is -3.01. The van der Waals surface area contributed by atoms with Crippen molar-refractivity contribution < 1.29 is 13.2 Å². The number of nitrogens with zero attached hydrogens (tertiary/aromatic N) is 3. The summed E-state index contributed by atoms with van der Waals surface area (Å²) in [4.78, 5) is 16.7. The molecule has 0 saturated heterocycles. The van der Waals surface area contributed by atoms with Gasteiger partial charge in [-0.15, -0.1) is 11.3 Å². The van der Waals surface area contributed by atoms with Gasteiger partial charge in [-0.2, -0.15) is 4.31 Å². The van der Waals surface area contributed by atoms with Crippen LogP contribution < -0.4 is 5.32 Å². The number of amides is 1. The summed E-state index contributed by atoms with van der Waals surface area (Å²) in [5, 5.41) is 4.42. The predicted octanol–water partition coefficient (Wildman–Crippen LogP) is 3.35. The Morgan fingerprint density at radius 3 is 2.59 bits per heavy atom. The van der Waals surface area contributed by atoms with E-state index in [2.05, 4.69) is 10.3 Å². The van der Waals surface area contributed by atoms with Crippen molar-refractivity contribution in [2.45, 2.75) is 4.21 Å². The number of carbonyl (C=O) groups excluding carboxylic acids is 1. The number of likely N-dealkylation sites (N-methyl/N-ethyl adjacent to an activating group) is 1. The van der Waals surface area contributed by atoms with Gasteiger partial charge in [-0.3, -0.25) is 9.36 Å². The van der Waals surface area contributed by atoms with Crippen molar-refractivity contribution in [3.8, 4) is 5.69 Å². The highest BCUT2D eigenvalue weighted by Crippen LogP contribution is 2.21. The molecule has 29 heavy (non-hydrogen) atoms. The molecule has 1 amide bonds. The lowest BCUT2D eigenvalue weighted by Crippen LogP contribution is -2.34. The summed E-state index contributed by atoms with van der Waals surface area (Å²) < 4.78 is 28.0. The monoisotopic (exact) mass is 426 g/mol. The third kappa shape index (κ3) is 3.93. The normalized spacial score (nSPS) is 11.8. The average Bonchev–Trinajstić information content (AvgIpc) is 3.39. The minimum Gasteiger partial charge on any atom is -0.325 e. The summed E-state index contributed by atoms with van der Waals surface area (Å²) in [6.07, 6.45) is 1.75. The van der Waals surface area contributed by atoms with Gasteiger partial charge in [0.2, 0.25) is 5.91 Å². The zero-order chi connectivity index (χ0) is 20.4. The third-order valence-corrected chi connectivity index (χ3v) is 7.59. The zero-order valence-corrected chi connectivity index (χ0v) is 17.2. The average molecular weight is 427 g/mol. The van der Waals surface area contributed by atoms with E-state index in [0.29, 0.717) is 5.69 Å². The summed E-state index contributed by atoms with van der Waals surface area (Å²) in [5.41, 5.74) is 3.39. The predicted molar refractivity (Wildman–Crippen MR) is 114 cm³/mol. The summed E-state index contributed by atoms with van der Waals surface area (Å²) in [6, 6.07) is 18.3. The van der Waals surface area contributed by atoms with E-state index in [1.807, 2.05) is 41.0 Å². The van der Waals surface area contributed by atoms with Crippen molar-refractivity contribution in [3.05, 3.63) is 72.4 Å². The Bertz CT molecular complexity index is 1250. The number of imidazole rings is 1. The van der Waals surface area contributed by atoms with Crippen LogP contribution in [0.4, 0.5) is 5.69 Å². The Morgan fingerprint density at radius 1 is 1.10 bits per heavy atom. The maximum Gasteiger partial charge on any atom is 0.252 e. The molecule has 0 radical (unpaired) electrons. The molecular formula is C20H18N4O3S2. The molecule has 0 spiro atoms. The van der Waals surface area contributed by atoms with Gasteiger partial charge in [-0.05, 0) is 47.8 Å². The lowest BCUT2D eigenvalue weighted by molar-refractivity contribution is -0.116. The van der Waals surface area contributed by atoms with Gasteiger partial charge in [0.05, 0.1) is 17.6 Å².